The van der Waals surface area contributed by atoms with E-state index >= 15 is 0 Å². The Labute approximate surface area is 198 Å². The topological polar surface area (TPSA) is 135 Å². The van der Waals surface area contributed by atoms with Crippen LogP contribution in [0, 0.1) is 0 Å². The van der Waals surface area contributed by atoms with E-state index in [0.717, 1.165) is 0 Å². The van der Waals surface area contributed by atoms with Crippen molar-refractivity contribution in [3.05, 3.63) is 78.3 Å². The highest BCUT2D eigenvalue weighted by atomic mass is 35.5. The van der Waals surface area contributed by atoms with Crippen molar-refractivity contribution < 1.29 is 19.4 Å². The summed E-state index contributed by atoms with van der Waals surface area (Å²) >= 11 is 12.0. The summed E-state index contributed by atoms with van der Waals surface area (Å²) < 4.78 is 5.31. The smallest absolute Gasteiger partial charge is 0.326 e. The lowest BCUT2D eigenvalue weighted by Crippen LogP contribution is -2.42. The predicted molar refractivity (Wildman–Crippen MR) is 125 cm³/mol. The Kier molecular flexibility index (Phi) is 7.35. The van der Waals surface area contributed by atoms with E-state index in [9.17, 15) is 24.3 Å². The summed E-state index contributed by atoms with van der Waals surface area (Å²) in [5.74, 6) is -1.89. The molecule has 33 heavy (non-hydrogen) atoms. The molecule has 0 aliphatic rings. The van der Waals surface area contributed by atoms with Gasteiger partial charge in [-0.3, -0.25) is 19.4 Å². The number of carboxylic acids is 1. The molecule has 0 spiro atoms. The number of hydrogen-bond donors (Lipinski definition) is 3. The van der Waals surface area contributed by atoms with E-state index in [1.54, 1.807) is 38.1 Å². The van der Waals surface area contributed by atoms with Crippen LogP contribution in [0.4, 0.5) is 11.4 Å². The zero-order chi connectivity index (χ0) is 24.3. The Morgan fingerprint density at radius 3 is 2.21 bits per heavy atom. The molecule has 3 N–H and O–H groups in total. The minimum Gasteiger partial charge on any atom is -0.485 e. The van der Waals surface area contributed by atoms with Gasteiger partial charge in [-0.05, 0) is 31.5 Å². The lowest BCUT2D eigenvalue weighted by Gasteiger charge is -2.20. The van der Waals surface area contributed by atoms with Crippen LogP contribution in [-0.4, -0.2) is 34.1 Å². The second kappa shape index (κ2) is 10.0. The fourth-order valence-electron chi connectivity index (χ4n) is 3.01. The van der Waals surface area contributed by atoms with E-state index in [-0.39, 0.29) is 39.6 Å². The van der Waals surface area contributed by atoms with Crippen LogP contribution in [0.1, 0.15) is 29.8 Å². The molecule has 0 aliphatic carbocycles. The molecule has 1 amide bonds. The molecule has 9 nitrogen and oxygen atoms in total. The fraction of sp³-hybridized carbons (Fsp3) is 0.227. The number of ether oxygens (including phenoxy) is 1. The molecule has 3 rings (SSSR count). The van der Waals surface area contributed by atoms with Crippen molar-refractivity contribution in [3.63, 3.8) is 0 Å². The Bertz CT molecular complexity index is 1250. The highest BCUT2D eigenvalue weighted by molar-refractivity contribution is 6.40. The second-order valence-electron chi connectivity index (χ2n) is 7.40. The minimum atomic E-state index is -1.21. The Balaban J connectivity index is 1.71. The molecule has 1 heterocycles. The first-order chi connectivity index (χ1) is 15.6. The summed E-state index contributed by atoms with van der Waals surface area (Å²) in [7, 11) is 0. The number of nitrogens with one attached hydrogen (secondary N) is 2. The molecule has 2 aromatic carbocycles. The van der Waals surface area contributed by atoms with E-state index < -0.39 is 28.8 Å². The number of pyridine rings is 1. The third-order valence-corrected chi connectivity index (χ3v) is 5.14. The van der Waals surface area contributed by atoms with Gasteiger partial charge in [-0.15, -0.1) is 0 Å². The van der Waals surface area contributed by atoms with Crippen molar-refractivity contribution in [2.45, 2.75) is 32.4 Å². The van der Waals surface area contributed by atoms with Crippen molar-refractivity contribution in [1.82, 2.24) is 4.98 Å². The van der Waals surface area contributed by atoms with Gasteiger partial charge in [-0.2, -0.15) is 0 Å². The van der Waals surface area contributed by atoms with Crippen LogP contribution in [0.25, 0.3) is 0 Å². The van der Waals surface area contributed by atoms with Crippen molar-refractivity contribution in [3.8, 4) is 5.75 Å². The molecule has 1 atom stereocenters. The van der Waals surface area contributed by atoms with Crippen LogP contribution >= 0.6 is 23.2 Å². The van der Waals surface area contributed by atoms with Crippen LogP contribution < -0.4 is 26.2 Å². The van der Waals surface area contributed by atoms with Gasteiger partial charge < -0.3 is 20.5 Å². The summed E-state index contributed by atoms with van der Waals surface area (Å²) in [6.45, 7) is 3.37. The third-order valence-electron chi connectivity index (χ3n) is 4.57. The largest absolute Gasteiger partial charge is 0.485 e. The van der Waals surface area contributed by atoms with Crippen molar-refractivity contribution in [2.75, 3.05) is 10.6 Å². The lowest BCUT2D eigenvalue weighted by molar-refractivity contribution is -0.137. The minimum absolute atomic E-state index is 0.00546. The first-order valence-corrected chi connectivity index (χ1v) is 10.5. The van der Waals surface area contributed by atoms with Gasteiger partial charge in [-0.1, -0.05) is 35.3 Å². The summed E-state index contributed by atoms with van der Waals surface area (Å²) in [5.41, 5.74) is -0.621. The van der Waals surface area contributed by atoms with E-state index in [2.05, 4.69) is 15.6 Å². The monoisotopic (exact) mass is 491 g/mol. The molecular weight excluding hydrogens is 473 g/mol. The first kappa shape index (κ1) is 24.2. The number of aromatic nitrogens is 1. The van der Waals surface area contributed by atoms with Gasteiger partial charge in [0.25, 0.3) is 16.8 Å². The molecule has 1 aromatic heterocycles. The number of nitrogens with zero attached hydrogens (tertiary/aromatic N) is 1. The van der Waals surface area contributed by atoms with Crippen LogP contribution in [-0.2, 0) is 11.2 Å². The molecule has 172 valence electrons. The first-order valence-electron chi connectivity index (χ1n) is 9.77. The Morgan fingerprint density at radius 1 is 1.06 bits per heavy atom. The Morgan fingerprint density at radius 2 is 1.67 bits per heavy atom. The number of hydrogen-bond acceptors (Lipinski definition) is 7. The summed E-state index contributed by atoms with van der Waals surface area (Å²) in [6, 6.07) is 5.23. The lowest BCUT2D eigenvalue weighted by atomic mass is 10.0. The molecule has 0 fully saturated rings. The van der Waals surface area contributed by atoms with E-state index in [1.807, 2.05) is 0 Å². The number of benzene rings is 1. The van der Waals surface area contributed by atoms with Crippen molar-refractivity contribution >= 4 is 46.5 Å². The molecular formula is C22H19Cl2N3O6. The van der Waals surface area contributed by atoms with Crippen LogP contribution in [0.2, 0.25) is 10.0 Å². The van der Waals surface area contributed by atoms with Gasteiger partial charge in [0.15, 0.2) is 5.75 Å². The zero-order valence-electron chi connectivity index (χ0n) is 17.5. The molecule has 0 saturated heterocycles. The number of halogens is 2. The maximum Gasteiger partial charge on any atom is 0.326 e. The molecule has 0 bridgehead atoms. The molecule has 3 aromatic rings. The van der Waals surface area contributed by atoms with E-state index in [4.69, 9.17) is 27.9 Å². The maximum absolute atomic E-state index is 12.5. The van der Waals surface area contributed by atoms with Crippen LogP contribution in [0.3, 0.4) is 0 Å². The Hall–Kier alpha value is -3.43. The van der Waals surface area contributed by atoms with E-state index in [0.29, 0.717) is 11.3 Å². The van der Waals surface area contributed by atoms with Crippen molar-refractivity contribution in [1.29, 1.82) is 0 Å². The number of rotatable bonds is 9. The zero-order valence-corrected chi connectivity index (χ0v) is 19.0. The third kappa shape index (κ3) is 5.50. The predicted octanol–water partition coefficient (Wildman–Crippen LogP) is 3.13. The quantitative estimate of drug-likeness (QED) is 0.388. The van der Waals surface area contributed by atoms with Crippen LogP contribution in [0.15, 0.2) is 46.2 Å². The van der Waals surface area contributed by atoms with Gasteiger partial charge in [0, 0.05) is 24.5 Å². The standard InChI is InChI=1S/C22H19Cl2N3O6/c1-10(2)33-20-17(18(28)19(20)29)27-15(22(31)32)7-11-3-5-12(6-4-11)26-21(30)16-13(23)8-25-9-14(16)24/h3-6,8-10,15,27H,7H2,1-2H3,(H,26,30)(H,31,32)/t15-/m0/s1. The van der Waals surface area contributed by atoms with Crippen LogP contribution in [0.5, 0.6) is 5.75 Å². The van der Waals surface area contributed by atoms with Crippen molar-refractivity contribution in [2.24, 2.45) is 0 Å². The number of aliphatic carboxylic acids is 1. The molecule has 0 aliphatic heterocycles. The summed E-state index contributed by atoms with van der Waals surface area (Å²) in [6.07, 6.45) is 2.26. The normalized spacial score (nSPS) is 11.9. The number of anilines is 2. The molecule has 0 unspecified atom stereocenters. The highest BCUT2D eigenvalue weighted by Crippen LogP contribution is 2.25. The van der Waals surface area contributed by atoms with Gasteiger partial charge in [0.2, 0.25) is 0 Å². The fourth-order valence-corrected chi connectivity index (χ4v) is 3.54. The molecule has 11 heteroatoms. The van der Waals surface area contributed by atoms with Gasteiger partial charge in [0.1, 0.15) is 11.7 Å². The maximum atomic E-state index is 12.5. The van der Waals surface area contributed by atoms with Gasteiger partial charge in [-0.25, -0.2) is 4.79 Å². The number of carbonyl (C=O) groups is 2. The number of amides is 1. The summed E-state index contributed by atoms with van der Waals surface area (Å²) in [5, 5.41) is 15.0. The SMILES string of the molecule is CC(C)Oc1c(N[C@@H](Cc2ccc(NC(=O)c3c(Cl)cncc3Cl)cc2)C(=O)O)c(=O)c1=O. The highest BCUT2D eigenvalue weighted by Gasteiger charge is 2.28. The average molecular weight is 492 g/mol. The second-order valence-corrected chi connectivity index (χ2v) is 8.21. The van der Waals surface area contributed by atoms with Gasteiger partial charge in [0.05, 0.1) is 21.7 Å². The molecule has 0 saturated carbocycles. The number of carbonyl (C=O) groups excluding carboxylic acids is 1. The number of carboxylic acid groups (broad SMARTS) is 1. The van der Waals surface area contributed by atoms with E-state index in [1.165, 1.54) is 12.4 Å². The summed E-state index contributed by atoms with van der Waals surface area (Å²) in [4.78, 5) is 51.6. The average Bonchev–Trinajstić information content (AvgIpc) is 2.75. The molecule has 0 radical (unpaired) electrons. The van der Waals surface area contributed by atoms with Gasteiger partial charge >= 0.3 is 5.97 Å².